The summed E-state index contributed by atoms with van der Waals surface area (Å²) in [4.78, 5) is 50.2. The third-order valence-corrected chi connectivity index (χ3v) is 6.97. The van der Waals surface area contributed by atoms with E-state index in [2.05, 4.69) is 5.32 Å². The molecule has 0 bridgehead atoms. The van der Waals surface area contributed by atoms with E-state index in [1.165, 1.54) is 55.1 Å². The summed E-state index contributed by atoms with van der Waals surface area (Å²) in [5.41, 5.74) is 1.38. The van der Waals surface area contributed by atoms with Gasteiger partial charge in [0.15, 0.2) is 5.78 Å². The third-order valence-electron chi connectivity index (χ3n) is 6.73. The smallest absolute Gasteiger partial charge is 0.335 e. The number of carboxylic acids is 1. The molecule has 9 heteroatoms. The van der Waals surface area contributed by atoms with Crippen LogP contribution in [-0.4, -0.2) is 34.4 Å². The fraction of sp³-hybridized carbons (Fsp3) is 0.286. The molecule has 1 aliphatic rings. The number of anilines is 1. The van der Waals surface area contributed by atoms with Crippen LogP contribution in [0.15, 0.2) is 59.5 Å². The summed E-state index contributed by atoms with van der Waals surface area (Å²) >= 11 is 6.19. The van der Waals surface area contributed by atoms with Gasteiger partial charge in [-0.2, -0.15) is 0 Å². The Labute approximate surface area is 218 Å². The number of pyridine rings is 1. The van der Waals surface area contributed by atoms with Gasteiger partial charge in [-0.05, 0) is 67.3 Å². The van der Waals surface area contributed by atoms with Gasteiger partial charge in [0, 0.05) is 27.9 Å². The number of amides is 1. The van der Waals surface area contributed by atoms with Crippen LogP contribution in [-0.2, 0) is 4.79 Å². The van der Waals surface area contributed by atoms with E-state index in [0.29, 0.717) is 45.5 Å². The molecule has 1 amide bonds. The minimum absolute atomic E-state index is 0.103. The Hall–Kier alpha value is -3.91. The minimum atomic E-state index is -1.06. The number of aromatic carboxylic acids is 1. The number of rotatable bonds is 9. The van der Waals surface area contributed by atoms with E-state index in [0.717, 1.165) is 19.3 Å². The van der Waals surface area contributed by atoms with Crippen molar-refractivity contribution < 1.29 is 24.2 Å². The van der Waals surface area contributed by atoms with Crippen LogP contribution in [0.1, 0.15) is 59.4 Å². The summed E-state index contributed by atoms with van der Waals surface area (Å²) in [6.07, 6.45) is 5.00. The molecule has 1 fully saturated rings. The largest absolute Gasteiger partial charge is 0.495 e. The zero-order valence-electron chi connectivity index (χ0n) is 20.5. The standard InChI is InChI=1S/C28H27ClN2O6/c1-16(32)21-11-8-19(29)13-22(21)23-14-26(33)31(15-25(23)37-2)24(12-17-4-3-5-17)27(34)30-20-9-6-18(7-10-20)28(35)36/h6-11,13-15,17,24H,3-5,12H2,1-2H3,(H,30,34)(H,35,36)/t24-/m0/s1. The van der Waals surface area contributed by atoms with Crippen molar-refractivity contribution in [3.8, 4) is 16.9 Å². The number of ether oxygens (including phenoxy) is 1. The van der Waals surface area contributed by atoms with Crippen molar-refractivity contribution in [2.45, 2.75) is 38.6 Å². The molecular formula is C28H27ClN2O6. The molecule has 0 saturated heterocycles. The Kier molecular flexibility index (Phi) is 7.78. The Bertz CT molecular complexity index is 1410. The van der Waals surface area contributed by atoms with Crippen molar-refractivity contribution in [1.82, 2.24) is 4.57 Å². The highest BCUT2D eigenvalue weighted by Crippen LogP contribution is 2.37. The van der Waals surface area contributed by atoms with Crippen LogP contribution < -0.4 is 15.6 Å². The first-order valence-electron chi connectivity index (χ1n) is 11.9. The highest BCUT2D eigenvalue weighted by atomic mass is 35.5. The van der Waals surface area contributed by atoms with Crippen LogP contribution in [0.25, 0.3) is 11.1 Å². The molecule has 2 N–H and O–H groups in total. The summed E-state index contributed by atoms with van der Waals surface area (Å²) in [6.45, 7) is 1.43. The Morgan fingerprint density at radius 2 is 1.81 bits per heavy atom. The molecular weight excluding hydrogens is 496 g/mol. The Balaban J connectivity index is 1.73. The Morgan fingerprint density at radius 3 is 2.38 bits per heavy atom. The van der Waals surface area contributed by atoms with Gasteiger partial charge in [0.1, 0.15) is 11.8 Å². The van der Waals surface area contributed by atoms with Gasteiger partial charge < -0.3 is 15.2 Å². The lowest BCUT2D eigenvalue weighted by atomic mass is 9.80. The average Bonchev–Trinajstić information content (AvgIpc) is 2.83. The molecule has 1 aromatic heterocycles. The zero-order chi connectivity index (χ0) is 26.7. The van der Waals surface area contributed by atoms with Crippen molar-refractivity contribution >= 4 is 34.9 Å². The topological polar surface area (TPSA) is 115 Å². The number of halogens is 1. The number of carbonyl (C=O) groups is 3. The van der Waals surface area contributed by atoms with Gasteiger partial charge in [0.25, 0.3) is 5.56 Å². The fourth-order valence-electron chi connectivity index (χ4n) is 4.50. The molecule has 1 aliphatic carbocycles. The van der Waals surface area contributed by atoms with Gasteiger partial charge in [-0.3, -0.25) is 19.0 Å². The van der Waals surface area contributed by atoms with Gasteiger partial charge in [0.2, 0.25) is 5.91 Å². The van der Waals surface area contributed by atoms with Gasteiger partial charge in [-0.15, -0.1) is 0 Å². The molecule has 192 valence electrons. The van der Waals surface area contributed by atoms with E-state index >= 15 is 0 Å². The second-order valence-corrected chi connectivity index (χ2v) is 9.60. The lowest BCUT2D eigenvalue weighted by Gasteiger charge is -2.30. The van der Waals surface area contributed by atoms with E-state index in [1.807, 2.05) is 0 Å². The predicted octanol–water partition coefficient (Wildman–Crippen LogP) is 5.45. The molecule has 2 aromatic carbocycles. The molecule has 0 unspecified atom stereocenters. The monoisotopic (exact) mass is 522 g/mol. The molecule has 1 atom stereocenters. The number of methoxy groups -OCH3 is 1. The highest BCUT2D eigenvalue weighted by molar-refractivity contribution is 6.31. The molecule has 4 rings (SSSR count). The van der Waals surface area contributed by atoms with Crippen LogP contribution in [0.5, 0.6) is 5.75 Å². The van der Waals surface area contributed by atoms with Gasteiger partial charge in [0.05, 0.1) is 18.9 Å². The van der Waals surface area contributed by atoms with Crippen LogP contribution in [0.4, 0.5) is 5.69 Å². The summed E-state index contributed by atoms with van der Waals surface area (Å²) in [5.74, 6) is -1.01. The summed E-state index contributed by atoms with van der Waals surface area (Å²) in [7, 11) is 1.46. The summed E-state index contributed by atoms with van der Waals surface area (Å²) in [6, 6.07) is 11.2. The zero-order valence-corrected chi connectivity index (χ0v) is 21.2. The number of benzene rings is 2. The second-order valence-electron chi connectivity index (χ2n) is 9.17. The van der Waals surface area contributed by atoms with E-state index in [-0.39, 0.29) is 17.3 Å². The molecule has 0 radical (unpaired) electrons. The lowest BCUT2D eigenvalue weighted by Crippen LogP contribution is -2.35. The van der Waals surface area contributed by atoms with Crippen molar-refractivity contribution in [3.63, 3.8) is 0 Å². The third kappa shape index (κ3) is 5.75. The maximum atomic E-state index is 13.4. The van der Waals surface area contributed by atoms with E-state index < -0.39 is 17.6 Å². The number of nitrogens with zero attached hydrogens (tertiary/aromatic N) is 1. The fourth-order valence-corrected chi connectivity index (χ4v) is 4.68. The molecule has 8 nitrogen and oxygen atoms in total. The number of ketones is 1. The van der Waals surface area contributed by atoms with E-state index in [4.69, 9.17) is 21.4 Å². The Morgan fingerprint density at radius 1 is 1.11 bits per heavy atom. The van der Waals surface area contributed by atoms with Crippen LogP contribution in [0.2, 0.25) is 5.02 Å². The van der Waals surface area contributed by atoms with Crippen LogP contribution in [0, 0.1) is 5.92 Å². The van der Waals surface area contributed by atoms with Crippen molar-refractivity contribution in [1.29, 1.82) is 0 Å². The average molecular weight is 523 g/mol. The minimum Gasteiger partial charge on any atom is -0.495 e. The molecule has 0 aliphatic heterocycles. The normalized spacial score (nSPS) is 13.9. The van der Waals surface area contributed by atoms with E-state index in [1.54, 1.807) is 18.2 Å². The number of Topliss-reactive ketones (excluding diaryl/α,β-unsaturated/α-hetero) is 1. The SMILES string of the molecule is COc1cn([C@@H](CC2CCC2)C(=O)Nc2ccc(C(=O)O)cc2)c(=O)cc1-c1cc(Cl)ccc1C(C)=O. The summed E-state index contributed by atoms with van der Waals surface area (Å²) < 4.78 is 6.96. The highest BCUT2D eigenvalue weighted by Gasteiger charge is 2.30. The summed E-state index contributed by atoms with van der Waals surface area (Å²) in [5, 5.41) is 12.3. The predicted molar refractivity (Wildman–Crippen MR) is 141 cm³/mol. The van der Waals surface area contributed by atoms with Crippen LogP contribution >= 0.6 is 11.6 Å². The number of hydrogen-bond donors (Lipinski definition) is 2. The molecule has 3 aromatic rings. The molecule has 1 saturated carbocycles. The lowest BCUT2D eigenvalue weighted by molar-refractivity contribution is -0.120. The number of nitrogens with one attached hydrogen (secondary N) is 1. The molecule has 37 heavy (non-hydrogen) atoms. The van der Waals surface area contributed by atoms with Gasteiger partial charge in [-0.1, -0.05) is 30.9 Å². The quantitative estimate of drug-likeness (QED) is 0.361. The van der Waals surface area contributed by atoms with Crippen molar-refractivity contribution in [2.75, 3.05) is 12.4 Å². The van der Waals surface area contributed by atoms with Crippen molar-refractivity contribution in [2.24, 2.45) is 5.92 Å². The van der Waals surface area contributed by atoms with Crippen molar-refractivity contribution in [3.05, 3.63) is 81.2 Å². The van der Waals surface area contributed by atoms with Gasteiger partial charge >= 0.3 is 5.97 Å². The first kappa shape index (κ1) is 26.2. The first-order chi connectivity index (χ1) is 17.7. The number of carboxylic acid groups (broad SMARTS) is 1. The molecule has 0 spiro atoms. The van der Waals surface area contributed by atoms with E-state index in [9.17, 15) is 19.2 Å². The number of hydrogen-bond acceptors (Lipinski definition) is 5. The first-order valence-corrected chi connectivity index (χ1v) is 12.3. The maximum Gasteiger partial charge on any atom is 0.335 e. The van der Waals surface area contributed by atoms with Crippen LogP contribution in [0.3, 0.4) is 0 Å². The number of carbonyl (C=O) groups excluding carboxylic acids is 2. The second kappa shape index (κ2) is 11.0. The van der Waals surface area contributed by atoms with Gasteiger partial charge in [-0.25, -0.2) is 4.79 Å². The molecule has 1 heterocycles. The number of aromatic nitrogens is 1. The maximum absolute atomic E-state index is 13.4.